The van der Waals surface area contributed by atoms with E-state index in [4.69, 9.17) is 0 Å². The molecule has 0 spiro atoms. The van der Waals surface area contributed by atoms with E-state index in [0.29, 0.717) is 12.8 Å². The number of aliphatic hydroxyl groups excluding tert-OH is 2. The molecule has 206 valence electrons. The van der Waals surface area contributed by atoms with E-state index in [9.17, 15) is 34.8 Å². The number of carbonyl (C=O) groups excluding carboxylic acids is 3. The van der Waals surface area contributed by atoms with E-state index in [1.165, 1.54) is 13.0 Å². The summed E-state index contributed by atoms with van der Waals surface area (Å²) in [5.74, 6) is -2.69. The number of ketones is 3. The zero-order valence-electron chi connectivity index (χ0n) is 23.5. The first-order valence-corrected chi connectivity index (χ1v) is 13.5. The van der Waals surface area contributed by atoms with Gasteiger partial charge in [-0.15, -0.1) is 0 Å². The van der Waals surface area contributed by atoms with Crippen molar-refractivity contribution in [2.24, 2.45) is 39.4 Å². The fraction of sp³-hybridized carbons (Fsp3) is 0.767. The van der Waals surface area contributed by atoms with Crippen molar-refractivity contribution in [3.8, 4) is 0 Å². The average molecular weight is 517 g/mol. The number of Topliss-reactive ketones (excluding diaryl/α,β-unsaturated/α-hetero) is 3. The molecule has 2 fully saturated rings. The lowest BCUT2D eigenvalue weighted by molar-refractivity contribution is -0.181. The average Bonchev–Trinajstić information content (AvgIpc) is 2.96. The number of fused-ring (bicyclic) bond motifs is 5. The van der Waals surface area contributed by atoms with Gasteiger partial charge in [0.05, 0.1) is 17.1 Å². The molecule has 0 unspecified atom stereocenters. The molecule has 0 amide bonds. The van der Waals surface area contributed by atoms with Crippen LogP contribution in [0.1, 0.15) is 87.5 Å². The smallest absolute Gasteiger partial charge is 0.206 e. The van der Waals surface area contributed by atoms with Crippen LogP contribution in [0.15, 0.2) is 23.5 Å². The van der Waals surface area contributed by atoms with Gasteiger partial charge in [-0.25, -0.2) is 0 Å². The number of rotatable bonds is 5. The van der Waals surface area contributed by atoms with Gasteiger partial charge in [-0.05, 0) is 76.7 Å². The SMILES string of the molecule is CC(C)(O)CCC(=O)[C@](C)(O)[C@H]1[C@H](O)C[C@@]2(C)[C@H]3CC=C4[C@@H](C=C(O)C(=O)C4(C)C)[C@]3(C)C(=O)C[C@]12C. The topological polar surface area (TPSA) is 132 Å². The first-order valence-electron chi connectivity index (χ1n) is 13.5. The van der Waals surface area contributed by atoms with E-state index >= 15 is 0 Å². The molecule has 4 N–H and O–H groups in total. The summed E-state index contributed by atoms with van der Waals surface area (Å²) in [6, 6.07) is 0. The van der Waals surface area contributed by atoms with Crippen LogP contribution in [0, 0.1) is 39.4 Å². The summed E-state index contributed by atoms with van der Waals surface area (Å²) in [5.41, 5.74) is -5.39. The highest BCUT2D eigenvalue weighted by atomic mass is 16.3. The zero-order chi connectivity index (χ0) is 28.1. The molecule has 4 aliphatic carbocycles. The highest BCUT2D eigenvalue weighted by Gasteiger charge is 2.74. The number of carbonyl (C=O) groups is 3. The predicted molar refractivity (Wildman–Crippen MR) is 138 cm³/mol. The van der Waals surface area contributed by atoms with Crippen molar-refractivity contribution in [1.29, 1.82) is 0 Å². The third-order valence-corrected chi connectivity index (χ3v) is 11.2. The molecule has 7 nitrogen and oxygen atoms in total. The van der Waals surface area contributed by atoms with Gasteiger partial charge in [0.2, 0.25) is 5.78 Å². The third kappa shape index (κ3) is 3.67. The first-order chi connectivity index (χ1) is 16.7. The van der Waals surface area contributed by atoms with Gasteiger partial charge >= 0.3 is 0 Å². The van der Waals surface area contributed by atoms with E-state index < -0.39 is 56.6 Å². The number of hydrogen-bond acceptors (Lipinski definition) is 7. The van der Waals surface area contributed by atoms with E-state index in [0.717, 1.165) is 5.57 Å². The largest absolute Gasteiger partial charge is 0.505 e. The van der Waals surface area contributed by atoms with Gasteiger partial charge in [0.1, 0.15) is 11.4 Å². The van der Waals surface area contributed by atoms with Crippen LogP contribution in [-0.2, 0) is 14.4 Å². The maximum Gasteiger partial charge on any atom is 0.206 e. The van der Waals surface area contributed by atoms with Crippen molar-refractivity contribution in [2.75, 3.05) is 0 Å². The molecule has 7 heteroatoms. The Labute approximate surface area is 220 Å². The molecule has 0 aliphatic heterocycles. The van der Waals surface area contributed by atoms with Crippen molar-refractivity contribution in [3.63, 3.8) is 0 Å². The molecule has 0 heterocycles. The second kappa shape index (κ2) is 8.09. The third-order valence-electron chi connectivity index (χ3n) is 11.2. The molecule has 37 heavy (non-hydrogen) atoms. The summed E-state index contributed by atoms with van der Waals surface area (Å²) >= 11 is 0. The van der Waals surface area contributed by atoms with Gasteiger partial charge < -0.3 is 20.4 Å². The monoisotopic (exact) mass is 516 g/mol. The van der Waals surface area contributed by atoms with Crippen LogP contribution in [0.2, 0.25) is 0 Å². The van der Waals surface area contributed by atoms with Crippen LogP contribution < -0.4 is 0 Å². The standard InChI is InChI=1S/C30H44O7/c1-25(2,36)12-11-21(33)30(8,37)23-19(32)14-27(5)20-10-9-16-17(13-18(31)24(35)26(16,3)4)29(20,7)22(34)15-28(23,27)6/h9,13,17,19-20,23,31-32,36-37H,10-12,14-15H2,1-8H3/t17-,19-,20-,23+,27+,28-,29+,30+/m1/s1. The summed E-state index contributed by atoms with van der Waals surface area (Å²) < 4.78 is 0. The van der Waals surface area contributed by atoms with E-state index in [1.54, 1.807) is 27.7 Å². The molecule has 0 aromatic carbocycles. The van der Waals surface area contributed by atoms with Crippen LogP contribution in [-0.4, -0.2) is 55.1 Å². The van der Waals surface area contributed by atoms with Gasteiger partial charge in [0.25, 0.3) is 0 Å². The van der Waals surface area contributed by atoms with Gasteiger partial charge in [-0.3, -0.25) is 14.4 Å². The molecule has 0 saturated heterocycles. The van der Waals surface area contributed by atoms with Gasteiger partial charge in [0, 0.05) is 30.1 Å². The summed E-state index contributed by atoms with van der Waals surface area (Å²) in [6.45, 7) is 14.1. The molecule has 0 aromatic rings. The van der Waals surface area contributed by atoms with Gasteiger partial charge in [0.15, 0.2) is 11.5 Å². The molecule has 0 radical (unpaired) electrons. The van der Waals surface area contributed by atoms with Crippen LogP contribution >= 0.6 is 0 Å². The van der Waals surface area contributed by atoms with Crippen molar-refractivity contribution < 1.29 is 34.8 Å². The lowest BCUT2D eigenvalue weighted by atomic mass is 9.39. The minimum atomic E-state index is -1.88. The number of aliphatic hydroxyl groups is 4. The second-order valence-corrected chi connectivity index (χ2v) is 14.3. The lowest BCUT2D eigenvalue weighted by Gasteiger charge is -2.63. The first kappa shape index (κ1) is 28.2. The molecule has 4 rings (SSSR count). The Bertz CT molecular complexity index is 1110. The van der Waals surface area contributed by atoms with Crippen molar-refractivity contribution in [3.05, 3.63) is 23.5 Å². The fourth-order valence-electron chi connectivity index (χ4n) is 8.82. The normalized spacial score (nSPS) is 42.7. The Morgan fingerprint density at radius 3 is 2.22 bits per heavy atom. The second-order valence-electron chi connectivity index (χ2n) is 14.3. The Kier molecular flexibility index (Phi) is 6.16. The molecule has 0 aromatic heterocycles. The van der Waals surface area contributed by atoms with Crippen LogP contribution in [0.4, 0.5) is 0 Å². The Balaban J connectivity index is 1.79. The van der Waals surface area contributed by atoms with Crippen molar-refractivity contribution >= 4 is 17.3 Å². The highest BCUT2D eigenvalue weighted by molar-refractivity contribution is 6.02. The van der Waals surface area contributed by atoms with E-state index in [1.807, 2.05) is 19.9 Å². The molecular weight excluding hydrogens is 472 g/mol. The molecule has 8 atom stereocenters. The summed E-state index contributed by atoms with van der Waals surface area (Å²) in [7, 11) is 0. The van der Waals surface area contributed by atoms with E-state index in [-0.39, 0.29) is 42.5 Å². The quantitative estimate of drug-likeness (QED) is 0.408. The lowest BCUT2D eigenvalue weighted by Crippen LogP contribution is -2.64. The fourth-order valence-corrected chi connectivity index (χ4v) is 8.82. The predicted octanol–water partition coefficient (Wildman–Crippen LogP) is 3.84. The number of hydrogen-bond donors (Lipinski definition) is 4. The maximum absolute atomic E-state index is 14.2. The summed E-state index contributed by atoms with van der Waals surface area (Å²) in [6.07, 6.45) is 3.64. The molecule has 4 aliphatic rings. The zero-order valence-corrected chi connectivity index (χ0v) is 23.5. The van der Waals surface area contributed by atoms with Crippen LogP contribution in [0.25, 0.3) is 0 Å². The minimum absolute atomic E-state index is 0.0387. The van der Waals surface area contributed by atoms with Gasteiger partial charge in [-0.1, -0.05) is 32.4 Å². The maximum atomic E-state index is 14.2. The minimum Gasteiger partial charge on any atom is -0.505 e. The van der Waals surface area contributed by atoms with Gasteiger partial charge in [-0.2, -0.15) is 0 Å². The van der Waals surface area contributed by atoms with Crippen LogP contribution in [0.3, 0.4) is 0 Å². The Morgan fingerprint density at radius 2 is 1.65 bits per heavy atom. The van der Waals surface area contributed by atoms with Crippen molar-refractivity contribution in [2.45, 2.75) is 105 Å². The highest BCUT2D eigenvalue weighted by Crippen LogP contribution is 2.73. The Morgan fingerprint density at radius 1 is 1.05 bits per heavy atom. The molecule has 2 saturated carbocycles. The molecule has 0 bridgehead atoms. The summed E-state index contributed by atoms with van der Waals surface area (Å²) in [4.78, 5) is 40.2. The van der Waals surface area contributed by atoms with Crippen molar-refractivity contribution in [1.82, 2.24) is 0 Å². The summed E-state index contributed by atoms with van der Waals surface area (Å²) in [5, 5.41) is 43.7. The number of allylic oxidation sites excluding steroid dienone is 4. The molecular formula is C30H44O7. The van der Waals surface area contributed by atoms with E-state index in [2.05, 4.69) is 6.92 Å². The Hall–Kier alpha value is -1.83. The van der Waals surface area contributed by atoms with Crippen LogP contribution in [0.5, 0.6) is 0 Å².